The summed E-state index contributed by atoms with van der Waals surface area (Å²) in [6.45, 7) is 2.48. The van der Waals surface area contributed by atoms with E-state index in [1.807, 2.05) is 60.4 Å². The van der Waals surface area contributed by atoms with E-state index in [9.17, 15) is 4.79 Å². The summed E-state index contributed by atoms with van der Waals surface area (Å²) in [4.78, 5) is 18.9. The standard InChI is InChI=1S/C17H16IN3OS/c1-12-11-23-16(19-12)10-20(2)17(22)15-7-4-8-21(15)14-6-3-5-13(18)9-14/h3-9,11H,10H2,1-2H3. The van der Waals surface area contributed by atoms with Gasteiger partial charge in [-0.3, -0.25) is 4.79 Å². The molecule has 0 spiro atoms. The van der Waals surface area contributed by atoms with Gasteiger partial charge in [0.05, 0.1) is 6.54 Å². The molecule has 0 fully saturated rings. The molecule has 0 saturated carbocycles. The van der Waals surface area contributed by atoms with Gasteiger partial charge in [0.25, 0.3) is 5.91 Å². The SMILES string of the molecule is Cc1csc(CN(C)C(=O)c2cccn2-c2cccc(I)c2)n1. The second-order valence-corrected chi connectivity index (χ2v) is 7.48. The van der Waals surface area contributed by atoms with Crippen LogP contribution in [0, 0.1) is 10.5 Å². The molecule has 3 rings (SSSR count). The first kappa shape index (κ1) is 16.2. The van der Waals surface area contributed by atoms with Gasteiger partial charge in [0.15, 0.2) is 0 Å². The van der Waals surface area contributed by atoms with E-state index < -0.39 is 0 Å². The Hall–Kier alpha value is -1.67. The lowest BCUT2D eigenvalue weighted by atomic mass is 10.3. The van der Waals surface area contributed by atoms with E-state index in [-0.39, 0.29) is 5.91 Å². The van der Waals surface area contributed by atoms with Gasteiger partial charge >= 0.3 is 0 Å². The van der Waals surface area contributed by atoms with Crippen LogP contribution in [-0.4, -0.2) is 27.4 Å². The van der Waals surface area contributed by atoms with Crippen LogP contribution in [-0.2, 0) is 6.54 Å². The molecule has 1 aromatic carbocycles. The lowest BCUT2D eigenvalue weighted by Crippen LogP contribution is -2.28. The minimum absolute atomic E-state index is 0.0123. The fourth-order valence-corrected chi connectivity index (χ4v) is 3.70. The van der Waals surface area contributed by atoms with Crippen molar-refractivity contribution in [1.29, 1.82) is 0 Å². The first-order valence-corrected chi connectivity index (χ1v) is 9.10. The third kappa shape index (κ3) is 3.64. The van der Waals surface area contributed by atoms with Gasteiger partial charge in [0, 0.05) is 33.6 Å². The molecule has 0 N–H and O–H groups in total. The highest BCUT2D eigenvalue weighted by atomic mass is 127. The second kappa shape index (κ2) is 6.84. The Labute approximate surface area is 152 Å². The summed E-state index contributed by atoms with van der Waals surface area (Å²) in [6.07, 6.45) is 1.92. The lowest BCUT2D eigenvalue weighted by Gasteiger charge is -2.17. The zero-order valence-electron chi connectivity index (χ0n) is 12.9. The van der Waals surface area contributed by atoms with Crippen LogP contribution in [0.4, 0.5) is 0 Å². The van der Waals surface area contributed by atoms with Crippen molar-refractivity contribution >= 4 is 39.8 Å². The molecule has 0 radical (unpaired) electrons. The van der Waals surface area contributed by atoms with Crippen molar-refractivity contribution in [2.45, 2.75) is 13.5 Å². The highest BCUT2D eigenvalue weighted by molar-refractivity contribution is 14.1. The minimum Gasteiger partial charge on any atom is -0.334 e. The van der Waals surface area contributed by atoms with Gasteiger partial charge in [0.2, 0.25) is 0 Å². The number of carbonyl (C=O) groups is 1. The second-order valence-electron chi connectivity index (χ2n) is 5.29. The average molecular weight is 437 g/mol. The van der Waals surface area contributed by atoms with Gasteiger partial charge < -0.3 is 9.47 Å². The van der Waals surface area contributed by atoms with E-state index in [1.54, 1.807) is 16.2 Å². The quantitative estimate of drug-likeness (QED) is 0.576. The summed E-state index contributed by atoms with van der Waals surface area (Å²) in [5.41, 5.74) is 2.64. The van der Waals surface area contributed by atoms with Gasteiger partial charge in [-0.15, -0.1) is 11.3 Å². The van der Waals surface area contributed by atoms with Crippen molar-refractivity contribution in [3.8, 4) is 5.69 Å². The average Bonchev–Trinajstić information content (AvgIpc) is 3.15. The third-order valence-electron chi connectivity index (χ3n) is 3.44. The van der Waals surface area contributed by atoms with Crippen LogP contribution in [0.15, 0.2) is 48.0 Å². The van der Waals surface area contributed by atoms with Crippen LogP contribution in [0.3, 0.4) is 0 Å². The lowest BCUT2D eigenvalue weighted by molar-refractivity contribution is 0.0777. The van der Waals surface area contributed by atoms with E-state index in [0.717, 1.165) is 20.0 Å². The highest BCUT2D eigenvalue weighted by Crippen LogP contribution is 2.18. The Morgan fingerprint density at radius 1 is 1.35 bits per heavy atom. The summed E-state index contributed by atoms with van der Waals surface area (Å²) >= 11 is 3.86. The summed E-state index contributed by atoms with van der Waals surface area (Å²) < 4.78 is 3.06. The molecular formula is C17H16IN3OS. The number of thiazole rings is 1. The van der Waals surface area contributed by atoms with Crippen molar-refractivity contribution < 1.29 is 4.79 Å². The number of rotatable bonds is 4. The normalized spacial score (nSPS) is 10.7. The number of nitrogens with zero attached hydrogens (tertiary/aromatic N) is 3. The smallest absolute Gasteiger partial charge is 0.270 e. The molecule has 0 aliphatic heterocycles. The zero-order valence-corrected chi connectivity index (χ0v) is 15.8. The molecule has 0 unspecified atom stereocenters. The number of amides is 1. The van der Waals surface area contributed by atoms with Crippen LogP contribution >= 0.6 is 33.9 Å². The number of benzene rings is 1. The van der Waals surface area contributed by atoms with Crippen LogP contribution < -0.4 is 0 Å². The number of hydrogen-bond donors (Lipinski definition) is 0. The largest absolute Gasteiger partial charge is 0.334 e. The molecule has 3 aromatic rings. The third-order valence-corrected chi connectivity index (χ3v) is 5.06. The Morgan fingerprint density at radius 3 is 2.87 bits per heavy atom. The molecule has 2 aromatic heterocycles. The molecular weight excluding hydrogens is 421 g/mol. The molecule has 4 nitrogen and oxygen atoms in total. The molecule has 2 heterocycles. The number of carbonyl (C=O) groups excluding carboxylic acids is 1. The summed E-state index contributed by atoms with van der Waals surface area (Å²) in [5, 5.41) is 2.95. The maximum Gasteiger partial charge on any atom is 0.270 e. The number of aryl methyl sites for hydroxylation is 1. The Morgan fingerprint density at radius 2 is 2.17 bits per heavy atom. The molecule has 0 bridgehead atoms. The first-order chi connectivity index (χ1) is 11.0. The van der Waals surface area contributed by atoms with Crippen LogP contribution in [0.5, 0.6) is 0 Å². The molecule has 23 heavy (non-hydrogen) atoms. The van der Waals surface area contributed by atoms with Crippen molar-refractivity contribution in [2.24, 2.45) is 0 Å². The Bertz CT molecular complexity index is 840. The molecule has 1 amide bonds. The van der Waals surface area contributed by atoms with Crippen LogP contribution in [0.2, 0.25) is 0 Å². The van der Waals surface area contributed by atoms with Crippen LogP contribution in [0.1, 0.15) is 21.2 Å². The minimum atomic E-state index is -0.0123. The zero-order chi connectivity index (χ0) is 16.4. The molecule has 0 atom stereocenters. The molecule has 0 aliphatic carbocycles. The topological polar surface area (TPSA) is 38.1 Å². The fourth-order valence-electron chi connectivity index (χ4n) is 2.35. The molecule has 0 aliphatic rings. The first-order valence-electron chi connectivity index (χ1n) is 7.14. The molecule has 6 heteroatoms. The fraction of sp³-hybridized carbons (Fsp3) is 0.176. The van der Waals surface area contributed by atoms with Crippen molar-refractivity contribution in [2.75, 3.05) is 7.05 Å². The summed E-state index contributed by atoms with van der Waals surface area (Å²) in [5.74, 6) is -0.0123. The van der Waals surface area contributed by atoms with Gasteiger partial charge in [-0.25, -0.2) is 4.98 Å². The summed E-state index contributed by atoms with van der Waals surface area (Å²) in [6, 6.07) is 11.8. The maximum absolute atomic E-state index is 12.8. The molecule has 0 saturated heterocycles. The Balaban J connectivity index is 1.84. The van der Waals surface area contributed by atoms with Crippen molar-refractivity contribution in [3.05, 3.63) is 67.9 Å². The van der Waals surface area contributed by atoms with Crippen molar-refractivity contribution in [3.63, 3.8) is 0 Å². The number of aromatic nitrogens is 2. The summed E-state index contributed by atoms with van der Waals surface area (Å²) in [7, 11) is 1.81. The van der Waals surface area contributed by atoms with Gasteiger partial charge in [-0.2, -0.15) is 0 Å². The number of hydrogen-bond acceptors (Lipinski definition) is 3. The maximum atomic E-state index is 12.8. The predicted molar refractivity (Wildman–Crippen MR) is 101 cm³/mol. The van der Waals surface area contributed by atoms with Crippen molar-refractivity contribution in [1.82, 2.24) is 14.5 Å². The highest BCUT2D eigenvalue weighted by Gasteiger charge is 2.17. The van der Waals surface area contributed by atoms with E-state index in [4.69, 9.17) is 0 Å². The predicted octanol–water partition coefficient (Wildman–Crippen LogP) is 4.12. The molecule has 118 valence electrons. The van der Waals surface area contributed by atoms with Gasteiger partial charge in [-0.1, -0.05) is 6.07 Å². The van der Waals surface area contributed by atoms with E-state index in [0.29, 0.717) is 12.2 Å². The van der Waals surface area contributed by atoms with E-state index in [1.165, 1.54) is 0 Å². The van der Waals surface area contributed by atoms with Crippen LogP contribution in [0.25, 0.3) is 5.69 Å². The van der Waals surface area contributed by atoms with E-state index in [2.05, 4.69) is 33.6 Å². The monoisotopic (exact) mass is 437 g/mol. The van der Waals surface area contributed by atoms with Gasteiger partial charge in [-0.05, 0) is 59.8 Å². The van der Waals surface area contributed by atoms with E-state index >= 15 is 0 Å². The van der Waals surface area contributed by atoms with Gasteiger partial charge in [0.1, 0.15) is 10.7 Å². The Kier molecular flexibility index (Phi) is 4.82. The number of halogens is 1.